The van der Waals surface area contributed by atoms with Gasteiger partial charge in [-0.15, -0.1) is 0 Å². The van der Waals surface area contributed by atoms with Crippen molar-refractivity contribution >= 4 is 5.91 Å². The Kier molecular flexibility index (Phi) is 7.62. The summed E-state index contributed by atoms with van der Waals surface area (Å²) >= 11 is 0. The Morgan fingerprint density at radius 3 is 2.16 bits per heavy atom. The minimum Gasteiger partial charge on any atom is -0.496 e. The van der Waals surface area contributed by atoms with Gasteiger partial charge in [0, 0.05) is 12.6 Å². The molecule has 1 N–H and O–H groups in total. The summed E-state index contributed by atoms with van der Waals surface area (Å²) < 4.78 is 18.3. The summed E-state index contributed by atoms with van der Waals surface area (Å²) in [6.07, 6.45) is 0. The Labute approximate surface area is 150 Å². The lowest BCUT2D eigenvalue weighted by molar-refractivity contribution is 0.0935. The van der Waals surface area contributed by atoms with E-state index in [0.717, 1.165) is 0 Å². The molecule has 2 aromatic carbocycles. The Bertz CT molecular complexity index is 691. The molecule has 0 unspecified atom stereocenters. The van der Waals surface area contributed by atoms with Crippen molar-refractivity contribution < 1.29 is 13.9 Å². The highest BCUT2D eigenvalue weighted by molar-refractivity contribution is 5.98. The maximum absolute atomic E-state index is 13.2. The minimum absolute atomic E-state index is 0.00314. The second-order valence-corrected chi connectivity index (χ2v) is 7.20. The summed E-state index contributed by atoms with van der Waals surface area (Å²) in [5.41, 5.74) is 2.28. The third-order valence-corrected chi connectivity index (χ3v) is 3.43. The van der Waals surface area contributed by atoms with E-state index in [2.05, 4.69) is 24.4 Å². The third kappa shape index (κ3) is 7.38. The zero-order chi connectivity index (χ0) is 19.0. The highest BCUT2D eigenvalue weighted by Gasteiger charge is 2.19. The fourth-order valence-electron chi connectivity index (χ4n) is 2.13. The summed E-state index contributed by atoms with van der Waals surface area (Å²) in [6, 6.07) is 12.8. The van der Waals surface area contributed by atoms with E-state index in [0.29, 0.717) is 17.7 Å². The Morgan fingerprint density at radius 1 is 1.12 bits per heavy atom. The van der Waals surface area contributed by atoms with Crippen molar-refractivity contribution in [3.8, 4) is 5.75 Å². The molecule has 0 atom stereocenters. The van der Waals surface area contributed by atoms with Crippen LogP contribution < -0.4 is 10.1 Å². The van der Waals surface area contributed by atoms with Gasteiger partial charge in [-0.05, 0) is 30.9 Å². The van der Waals surface area contributed by atoms with Crippen molar-refractivity contribution in [1.29, 1.82) is 0 Å². The zero-order valence-electron chi connectivity index (χ0n) is 15.9. The van der Waals surface area contributed by atoms with Crippen molar-refractivity contribution in [2.75, 3.05) is 13.7 Å². The van der Waals surface area contributed by atoms with Gasteiger partial charge in [0.2, 0.25) is 0 Å². The molecule has 0 aromatic heterocycles. The average Bonchev–Trinajstić information content (AvgIpc) is 2.52. The summed E-state index contributed by atoms with van der Waals surface area (Å²) in [7, 11) is 1.43. The molecule has 0 radical (unpaired) electrons. The molecule has 0 saturated heterocycles. The van der Waals surface area contributed by atoms with Gasteiger partial charge in [-0.2, -0.15) is 0 Å². The largest absolute Gasteiger partial charge is 0.496 e. The van der Waals surface area contributed by atoms with E-state index in [9.17, 15) is 9.18 Å². The van der Waals surface area contributed by atoms with Crippen LogP contribution in [0.15, 0.2) is 42.5 Å². The van der Waals surface area contributed by atoms with Crippen LogP contribution in [0.3, 0.4) is 0 Å². The van der Waals surface area contributed by atoms with E-state index in [1.54, 1.807) is 6.92 Å². The summed E-state index contributed by atoms with van der Waals surface area (Å²) in [4.78, 5) is 12.1. The van der Waals surface area contributed by atoms with Crippen LogP contribution in [-0.4, -0.2) is 19.6 Å². The van der Waals surface area contributed by atoms with Crippen LogP contribution in [0.4, 0.5) is 4.39 Å². The first-order valence-electron chi connectivity index (χ1n) is 8.28. The molecule has 0 aliphatic carbocycles. The van der Waals surface area contributed by atoms with Crippen LogP contribution in [-0.2, 0) is 0 Å². The number of rotatable bonds is 3. The molecule has 25 heavy (non-hydrogen) atoms. The number of aryl methyl sites for hydroxylation is 2. The number of benzene rings is 2. The molecule has 0 spiro atoms. The summed E-state index contributed by atoms with van der Waals surface area (Å²) in [5.74, 6) is -0.380. The van der Waals surface area contributed by atoms with Gasteiger partial charge >= 0.3 is 0 Å². The van der Waals surface area contributed by atoms with Crippen molar-refractivity contribution in [3.05, 3.63) is 65.0 Å². The van der Waals surface area contributed by atoms with E-state index in [1.165, 1.54) is 24.8 Å². The maximum Gasteiger partial charge on any atom is 0.255 e. The lowest BCUT2D eigenvalue weighted by Gasteiger charge is -2.20. The van der Waals surface area contributed by atoms with Gasteiger partial charge in [-0.1, -0.05) is 56.7 Å². The number of amides is 1. The van der Waals surface area contributed by atoms with Crippen LogP contribution in [0.1, 0.15) is 42.3 Å². The smallest absolute Gasteiger partial charge is 0.255 e. The zero-order valence-corrected chi connectivity index (χ0v) is 15.9. The van der Waals surface area contributed by atoms with Crippen molar-refractivity contribution in [1.82, 2.24) is 5.32 Å². The molecular formula is C21H28FNO2. The Balaban J connectivity index is 0.000000370. The normalized spacial score (nSPS) is 10.5. The number of ether oxygens (including phenoxy) is 1. The molecule has 4 heteroatoms. The molecule has 0 aliphatic rings. The molecule has 2 rings (SSSR count). The molecule has 0 aliphatic heterocycles. The summed E-state index contributed by atoms with van der Waals surface area (Å²) in [5, 5.41) is 2.83. The molecule has 136 valence electrons. The SMILES string of the molecule is COc1cc(F)cc(C)c1C(=O)NCC(C)(C)C.Cc1ccccc1. The van der Waals surface area contributed by atoms with E-state index in [1.807, 2.05) is 39.0 Å². The molecule has 1 amide bonds. The van der Waals surface area contributed by atoms with Crippen LogP contribution in [0, 0.1) is 25.1 Å². The van der Waals surface area contributed by atoms with Gasteiger partial charge in [0.15, 0.2) is 0 Å². The molecule has 0 saturated carbocycles. The average molecular weight is 345 g/mol. The highest BCUT2D eigenvalue weighted by Crippen LogP contribution is 2.24. The lowest BCUT2D eigenvalue weighted by atomic mass is 9.96. The molecule has 0 fully saturated rings. The van der Waals surface area contributed by atoms with Crippen molar-refractivity contribution in [3.63, 3.8) is 0 Å². The second kappa shape index (κ2) is 9.21. The quantitative estimate of drug-likeness (QED) is 0.858. The number of halogens is 1. The third-order valence-electron chi connectivity index (χ3n) is 3.43. The number of carbonyl (C=O) groups is 1. The fourth-order valence-corrected chi connectivity index (χ4v) is 2.13. The monoisotopic (exact) mass is 345 g/mol. The molecular weight excluding hydrogens is 317 g/mol. The maximum atomic E-state index is 13.2. The number of nitrogens with one attached hydrogen (secondary N) is 1. The number of hydrogen-bond acceptors (Lipinski definition) is 2. The predicted octanol–water partition coefficient (Wildman–Crippen LogP) is 4.91. The van der Waals surface area contributed by atoms with Gasteiger partial charge in [0.25, 0.3) is 5.91 Å². The number of methoxy groups -OCH3 is 1. The molecule has 2 aromatic rings. The van der Waals surface area contributed by atoms with E-state index in [-0.39, 0.29) is 17.1 Å². The van der Waals surface area contributed by atoms with Crippen LogP contribution in [0.25, 0.3) is 0 Å². The van der Waals surface area contributed by atoms with Crippen LogP contribution >= 0.6 is 0 Å². The van der Waals surface area contributed by atoms with Gasteiger partial charge in [0.05, 0.1) is 12.7 Å². The standard InChI is InChI=1S/C14H20FNO2.C7H8/c1-9-6-10(15)7-11(18-5)12(9)13(17)16-8-14(2,3)4;1-7-5-3-2-4-6-7/h6-7H,8H2,1-5H3,(H,16,17);2-6H,1H3. The number of carbonyl (C=O) groups excluding carboxylic acids is 1. The predicted molar refractivity (Wildman–Crippen MR) is 101 cm³/mol. The van der Waals surface area contributed by atoms with Crippen molar-refractivity contribution in [2.24, 2.45) is 5.41 Å². The Hall–Kier alpha value is -2.36. The number of hydrogen-bond donors (Lipinski definition) is 1. The molecule has 0 heterocycles. The highest BCUT2D eigenvalue weighted by atomic mass is 19.1. The molecule has 3 nitrogen and oxygen atoms in total. The van der Waals surface area contributed by atoms with Gasteiger partial charge < -0.3 is 10.1 Å². The lowest BCUT2D eigenvalue weighted by Crippen LogP contribution is -2.32. The summed E-state index contributed by atoms with van der Waals surface area (Å²) in [6.45, 7) is 10.4. The van der Waals surface area contributed by atoms with Gasteiger partial charge in [-0.3, -0.25) is 4.79 Å². The topological polar surface area (TPSA) is 38.3 Å². The van der Waals surface area contributed by atoms with Crippen molar-refractivity contribution in [2.45, 2.75) is 34.6 Å². The first kappa shape index (κ1) is 20.7. The Morgan fingerprint density at radius 2 is 1.72 bits per heavy atom. The first-order chi connectivity index (χ1) is 11.6. The second-order valence-electron chi connectivity index (χ2n) is 7.20. The molecule has 0 bridgehead atoms. The van der Waals surface area contributed by atoms with Gasteiger partial charge in [0.1, 0.15) is 11.6 Å². The fraction of sp³-hybridized carbons (Fsp3) is 0.381. The minimum atomic E-state index is -0.406. The van der Waals surface area contributed by atoms with Crippen LogP contribution in [0.5, 0.6) is 5.75 Å². The van der Waals surface area contributed by atoms with Crippen LogP contribution in [0.2, 0.25) is 0 Å². The van der Waals surface area contributed by atoms with Gasteiger partial charge in [-0.25, -0.2) is 4.39 Å². The van der Waals surface area contributed by atoms with E-state index >= 15 is 0 Å². The van der Waals surface area contributed by atoms with E-state index in [4.69, 9.17) is 4.74 Å². The first-order valence-corrected chi connectivity index (χ1v) is 8.28. The van der Waals surface area contributed by atoms with E-state index < -0.39 is 5.82 Å².